The van der Waals surface area contributed by atoms with E-state index in [1.807, 2.05) is 4.90 Å². The topological polar surface area (TPSA) is 72.1 Å². The number of likely N-dealkylation sites (tertiary alicyclic amines) is 1. The molecule has 2 heterocycles. The largest absolute Gasteiger partial charge is 0.381 e. The Bertz CT molecular complexity index is 444. The first-order chi connectivity index (χ1) is 9.09. The molecule has 5 nitrogen and oxygen atoms in total. The van der Waals surface area contributed by atoms with Crippen LogP contribution in [0.3, 0.4) is 0 Å². The second-order valence-corrected chi connectivity index (χ2v) is 5.93. The number of carbonyl (C=O) groups is 1. The second kappa shape index (κ2) is 6.23. The van der Waals surface area contributed by atoms with E-state index < -0.39 is 0 Å². The fourth-order valence-electron chi connectivity index (χ4n) is 2.56. The number of aromatic nitrogens is 2. The molecule has 1 fully saturated rings. The summed E-state index contributed by atoms with van der Waals surface area (Å²) in [5, 5.41) is 0.633. The average Bonchev–Trinajstić information content (AvgIpc) is 2.37. The molecule has 6 heteroatoms. The van der Waals surface area contributed by atoms with Gasteiger partial charge in [-0.1, -0.05) is 11.8 Å². The fraction of sp³-hybridized carbons (Fsp3) is 0.615. The van der Waals surface area contributed by atoms with Gasteiger partial charge in [0, 0.05) is 24.5 Å². The summed E-state index contributed by atoms with van der Waals surface area (Å²) in [6.07, 6.45) is 6.53. The summed E-state index contributed by atoms with van der Waals surface area (Å²) >= 11 is 1.36. The lowest BCUT2D eigenvalue weighted by Crippen LogP contribution is -2.48. The SMILES string of the molecule is CC1CCCC(C)N1C(=O)CSc1nccnc1N. The van der Waals surface area contributed by atoms with Gasteiger partial charge in [0.1, 0.15) is 5.03 Å². The van der Waals surface area contributed by atoms with Crippen LogP contribution in [0, 0.1) is 0 Å². The van der Waals surface area contributed by atoms with E-state index >= 15 is 0 Å². The van der Waals surface area contributed by atoms with E-state index in [0.717, 1.165) is 12.8 Å². The van der Waals surface area contributed by atoms with E-state index in [9.17, 15) is 4.79 Å². The van der Waals surface area contributed by atoms with Crippen molar-refractivity contribution in [1.29, 1.82) is 0 Å². The van der Waals surface area contributed by atoms with Crippen LogP contribution >= 0.6 is 11.8 Å². The summed E-state index contributed by atoms with van der Waals surface area (Å²) in [6, 6.07) is 0.659. The number of nitrogens with zero attached hydrogens (tertiary/aromatic N) is 3. The molecule has 1 aromatic heterocycles. The third-order valence-electron chi connectivity index (χ3n) is 3.51. The Morgan fingerprint density at radius 1 is 1.37 bits per heavy atom. The molecule has 1 aliphatic rings. The van der Waals surface area contributed by atoms with Crippen LogP contribution in [0.5, 0.6) is 0 Å². The minimum Gasteiger partial charge on any atom is -0.381 e. The lowest BCUT2D eigenvalue weighted by atomic mass is 9.98. The fourth-order valence-corrected chi connectivity index (χ4v) is 3.31. The van der Waals surface area contributed by atoms with Gasteiger partial charge in [0.15, 0.2) is 5.82 Å². The van der Waals surface area contributed by atoms with Crippen molar-refractivity contribution in [3.05, 3.63) is 12.4 Å². The number of piperidine rings is 1. The zero-order valence-electron chi connectivity index (χ0n) is 11.4. The van der Waals surface area contributed by atoms with Crippen molar-refractivity contribution in [2.45, 2.75) is 50.2 Å². The van der Waals surface area contributed by atoms with E-state index in [0.29, 0.717) is 28.7 Å². The summed E-state index contributed by atoms with van der Waals surface area (Å²) in [5.74, 6) is 0.923. The Morgan fingerprint density at radius 3 is 2.63 bits per heavy atom. The monoisotopic (exact) mass is 280 g/mol. The van der Waals surface area contributed by atoms with E-state index in [4.69, 9.17) is 5.73 Å². The molecule has 1 aromatic rings. The van der Waals surface area contributed by atoms with Gasteiger partial charge < -0.3 is 10.6 Å². The van der Waals surface area contributed by atoms with Crippen LogP contribution in [0.2, 0.25) is 0 Å². The maximum Gasteiger partial charge on any atom is 0.233 e. The van der Waals surface area contributed by atoms with Crippen LogP contribution in [-0.2, 0) is 4.79 Å². The Hall–Kier alpha value is -1.30. The summed E-state index contributed by atoms with van der Waals surface area (Å²) in [4.78, 5) is 22.4. The first-order valence-electron chi connectivity index (χ1n) is 6.60. The van der Waals surface area contributed by atoms with Gasteiger partial charge in [0.2, 0.25) is 5.91 Å². The molecular weight excluding hydrogens is 260 g/mol. The molecule has 0 spiro atoms. The van der Waals surface area contributed by atoms with Gasteiger partial charge in [-0.15, -0.1) is 0 Å². The standard InChI is InChI=1S/C13H20N4OS/c1-9-4-3-5-10(2)17(9)11(18)8-19-13-12(14)15-6-7-16-13/h6-7,9-10H,3-5,8H2,1-2H3,(H2,14,15). The number of hydrogen-bond donors (Lipinski definition) is 1. The van der Waals surface area contributed by atoms with Gasteiger partial charge in [-0.05, 0) is 33.1 Å². The molecule has 1 amide bonds. The normalized spacial score (nSPS) is 23.4. The first kappa shape index (κ1) is 14.1. The number of thioether (sulfide) groups is 1. The van der Waals surface area contributed by atoms with Crippen LogP contribution in [0.1, 0.15) is 33.1 Å². The minimum absolute atomic E-state index is 0.162. The lowest BCUT2D eigenvalue weighted by molar-refractivity contribution is -0.134. The molecule has 1 aliphatic heterocycles. The maximum absolute atomic E-state index is 12.3. The molecule has 19 heavy (non-hydrogen) atoms. The number of hydrogen-bond acceptors (Lipinski definition) is 5. The number of carbonyl (C=O) groups excluding carboxylic acids is 1. The second-order valence-electron chi connectivity index (χ2n) is 4.97. The van der Waals surface area contributed by atoms with Crippen molar-refractivity contribution in [2.24, 2.45) is 0 Å². The predicted molar refractivity (Wildman–Crippen MR) is 76.8 cm³/mol. The van der Waals surface area contributed by atoms with E-state index in [2.05, 4.69) is 23.8 Å². The number of amides is 1. The van der Waals surface area contributed by atoms with Crippen molar-refractivity contribution < 1.29 is 4.79 Å². The molecule has 0 radical (unpaired) electrons. The van der Waals surface area contributed by atoms with Crippen molar-refractivity contribution in [1.82, 2.24) is 14.9 Å². The molecule has 0 aromatic carbocycles. The number of rotatable bonds is 3. The first-order valence-corrected chi connectivity index (χ1v) is 7.58. The van der Waals surface area contributed by atoms with Crippen LogP contribution in [0.25, 0.3) is 0 Å². The number of nitrogen functional groups attached to an aromatic ring is 1. The zero-order valence-corrected chi connectivity index (χ0v) is 12.2. The maximum atomic E-state index is 12.3. The third-order valence-corrected chi connectivity index (χ3v) is 4.48. The third kappa shape index (κ3) is 3.37. The highest BCUT2D eigenvalue weighted by Gasteiger charge is 2.28. The molecule has 2 rings (SSSR count). The van der Waals surface area contributed by atoms with Gasteiger partial charge in [-0.2, -0.15) is 0 Å². The zero-order chi connectivity index (χ0) is 13.8. The molecule has 104 valence electrons. The summed E-state index contributed by atoms with van der Waals surface area (Å²) in [7, 11) is 0. The highest BCUT2D eigenvalue weighted by Crippen LogP contribution is 2.25. The highest BCUT2D eigenvalue weighted by atomic mass is 32.2. The predicted octanol–water partition coefficient (Wildman–Crippen LogP) is 1.94. The van der Waals surface area contributed by atoms with E-state index in [1.54, 1.807) is 12.4 Å². The molecule has 0 saturated carbocycles. The van der Waals surface area contributed by atoms with Gasteiger partial charge in [-0.25, -0.2) is 9.97 Å². The van der Waals surface area contributed by atoms with Crippen LogP contribution < -0.4 is 5.73 Å². The van der Waals surface area contributed by atoms with Crippen LogP contribution in [-0.4, -0.2) is 38.6 Å². The Kier molecular flexibility index (Phi) is 4.63. The van der Waals surface area contributed by atoms with Crippen LogP contribution in [0.15, 0.2) is 17.4 Å². The average molecular weight is 280 g/mol. The minimum atomic E-state index is 0.162. The molecule has 0 bridgehead atoms. The van der Waals surface area contributed by atoms with Crippen molar-refractivity contribution in [3.63, 3.8) is 0 Å². The molecular formula is C13H20N4OS. The van der Waals surface area contributed by atoms with Crippen LogP contribution in [0.4, 0.5) is 5.82 Å². The van der Waals surface area contributed by atoms with E-state index in [-0.39, 0.29) is 5.91 Å². The summed E-state index contributed by atoms with van der Waals surface area (Å²) in [6.45, 7) is 4.24. The summed E-state index contributed by atoms with van der Waals surface area (Å²) in [5.41, 5.74) is 5.72. The Balaban J connectivity index is 1.95. The summed E-state index contributed by atoms with van der Waals surface area (Å²) < 4.78 is 0. The van der Waals surface area contributed by atoms with Gasteiger partial charge in [-0.3, -0.25) is 4.79 Å². The lowest BCUT2D eigenvalue weighted by Gasteiger charge is -2.39. The Labute approximate surface area is 118 Å². The molecule has 0 aliphatic carbocycles. The van der Waals surface area contributed by atoms with Crippen molar-refractivity contribution >= 4 is 23.5 Å². The van der Waals surface area contributed by atoms with Crippen molar-refractivity contribution in [3.8, 4) is 0 Å². The van der Waals surface area contributed by atoms with E-state index in [1.165, 1.54) is 18.2 Å². The highest BCUT2D eigenvalue weighted by molar-refractivity contribution is 8.00. The number of anilines is 1. The molecule has 2 atom stereocenters. The molecule has 1 saturated heterocycles. The molecule has 2 N–H and O–H groups in total. The Morgan fingerprint density at radius 2 is 2.00 bits per heavy atom. The number of nitrogens with two attached hydrogens (primary N) is 1. The smallest absolute Gasteiger partial charge is 0.233 e. The molecule has 2 unspecified atom stereocenters. The van der Waals surface area contributed by atoms with Gasteiger partial charge in [0.25, 0.3) is 0 Å². The quantitative estimate of drug-likeness (QED) is 0.857. The van der Waals surface area contributed by atoms with Gasteiger partial charge in [0.05, 0.1) is 5.75 Å². The van der Waals surface area contributed by atoms with Gasteiger partial charge >= 0.3 is 0 Å². The van der Waals surface area contributed by atoms with Crippen molar-refractivity contribution in [2.75, 3.05) is 11.5 Å².